The third kappa shape index (κ3) is 6.30. The molecule has 34 heavy (non-hydrogen) atoms. The number of amides is 2. The van der Waals surface area contributed by atoms with E-state index in [1.165, 1.54) is 22.4 Å². The fourth-order valence-corrected chi connectivity index (χ4v) is 3.85. The molecular weight excluding hydrogens is 430 g/mol. The normalized spacial score (nSPS) is 11.7. The lowest BCUT2D eigenvalue weighted by atomic mass is 10.1. The summed E-state index contributed by atoms with van der Waals surface area (Å²) in [5.74, 6) is -1.75. The molecule has 0 saturated heterocycles. The second-order valence-corrected chi connectivity index (χ2v) is 8.23. The van der Waals surface area contributed by atoms with Crippen LogP contribution in [0.5, 0.6) is 0 Å². The van der Waals surface area contributed by atoms with E-state index in [0.29, 0.717) is 23.4 Å². The number of aryl methyl sites for hydroxylation is 3. The lowest BCUT2D eigenvalue weighted by Crippen LogP contribution is -2.35. The molecule has 1 aliphatic rings. The van der Waals surface area contributed by atoms with Crippen molar-refractivity contribution in [2.24, 2.45) is 11.5 Å². The molecule has 176 valence electrons. The van der Waals surface area contributed by atoms with Gasteiger partial charge in [-0.2, -0.15) is 0 Å². The van der Waals surface area contributed by atoms with Crippen molar-refractivity contribution < 1.29 is 19.5 Å². The highest BCUT2D eigenvalue weighted by molar-refractivity contribution is 6.08. The molecule has 0 atom stereocenters. The highest BCUT2D eigenvalue weighted by Crippen LogP contribution is 2.22. The molecule has 7 heteroatoms. The van der Waals surface area contributed by atoms with E-state index in [9.17, 15) is 14.4 Å². The summed E-state index contributed by atoms with van der Waals surface area (Å²) in [4.78, 5) is 35.8. The van der Waals surface area contributed by atoms with E-state index < -0.39 is 12.5 Å². The summed E-state index contributed by atoms with van der Waals surface area (Å²) in [6.45, 7) is 1.86. The van der Waals surface area contributed by atoms with E-state index >= 15 is 0 Å². The number of benzene rings is 3. The number of primary amides is 1. The molecule has 0 bridgehead atoms. The van der Waals surface area contributed by atoms with Crippen LogP contribution in [0.4, 0.5) is 5.69 Å². The lowest BCUT2D eigenvalue weighted by molar-refractivity contribution is -0.135. The molecule has 0 unspecified atom stereocenters. The Bertz CT molecular complexity index is 1190. The average Bonchev–Trinajstić information content (AvgIpc) is 3.31. The minimum atomic E-state index is -1.07. The van der Waals surface area contributed by atoms with Crippen LogP contribution < -0.4 is 16.4 Å². The van der Waals surface area contributed by atoms with Gasteiger partial charge in [-0.05, 0) is 79.3 Å². The van der Waals surface area contributed by atoms with Crippen molar-refractivity contribution in [1.82, 2.24) is 0 Å². The number of aliphatic carboxylic acids is 1. The van der Waals surface area contributed by atoms with Gasteiger partial charge in [0.1, 0.15) is 6.54 Å². The van der Waals surface area contributed by atoms with Crippen LogP contribution in [0.15, 0.2) is 66.7 Å². The minimum absolute atomic E-state index is 0.324. The Kier molecular flexibility index (Phi) is 8.16. The molecule has 4 rings (SSSR count). The van der Waals surface area contributed by atoms with E-state index in [-0.39, 0.29) is 11.8 Å². The first-order valence-corrected chi connectivity index (χ1v) is 11.1. The highest BCUT2D eigenvalue weighted by Gasteiger charge is 2.20. The number of anilines is 1. The number of rotatable bonds is 6. The van der Waals surface area contributed by atoms with Crippen LogP contribution in [0, 0.1) is 6.92 Å². The number of fused-ring (bicyclic) bond motifs is 1. The second-order valence-electron chi connectivity index (χ2n) is 8.23. The molecule has 3 aromatic rings. The van der Waals surface area contributed by atoms with Crippen molar-refractivity contribution in [1.29, 1.82) is 0 Å². The Morgan fingerprint density at radius 2 is 1.62 bits per heavy atom. The summed E-state index contributed by atoms with van der Waals surface area (Å²) >= 11 is 0. The predicted molar refractivity (Wildman–Crippen MR) is 132 cm³/mol. The molecule has 0 saturated carbocycles. The van der Waals surface area contributed by atoms with Crippen molar-refractivity contribution in [3.8, 4) is 0 Å². The van der Waals surface area contributed by atoms with Gasteiger partial charge in [0.2, 0.25) is 5.91 Å². The molecule has 0 spiro atoms. The molecule has 2 amide bonds. The van der Waals surface area contributed by atoms with E-state index in [1.807, 2.05) is 43.3 Å². The van der Waals surface area contributed by atoms with Crippen LogP contribution in [-0.2, 0) is 24.2 Å². The predicted octanol–water partition coefficient (Wildman–Crippen LogP) is 3.46. The maximum absolute atomic E-state index is 12.7. The van der Waals surface area contributed by atoms with Crippen molar-refractivity contribution in [2.75, 3.05) is 11.4 Å². The first kappa shape index (κ1) is 24.7. The van der Waals surface area contributed by atoms with Gasteiger partial charge in [-0.25, -0.2) is 0 Å². The first-order chi connectivity index (χ1) is 16.3. The van der Waals surface area contributed by atoms with Crippen LogP contribution in [0.1, 0.15) is 49.4 Å². The van der Waals surface area contributed by atoms with Gasteiger partial charge in [0.05, 0.1) is 0 Å². The van der Waals surface area contributed by atoms with Gasteiger partial charge in [0.25, 0.3) is 5.91 Å². The van der Waals surface area contributed by atoms with Gasteiger partial charge >= 0.3 is 5.97 Å². The maximum atomic E-state index is 12.7. The standard InChI is InChI=1S/C17H18N2O3.C10H11NO/c1-12-5-7-15(8-6-12)19(11-16(20)21)17(22)14-4-2-3-13(9-14)10-18;11-10(12)9-5-4-7-2-1-3-8(7)6-9/h2-9H,10-11,18H2,1H3,(H,20,21);4-6H,1-3H2,(H2,11,12). The molecule has 3 aromatic carbocycles. The summed E-state index contributed by atoms with van der Waals surface area (Å²) in [7, 11) is 0. The van der Waals surface area contributed by atoms with Gasteiger partial charge in [0, 0.05) is 23.4 Å². The van der Waals surface area contributed by atoms with E-state index in [0.717, 1.165) is 24.0 Å². The Hall–Kier alpha value is -3.97. The fourth-order valence-electron chi connectivity index (χ4n) is 3.85. The molecule has 0 aliphatic heterocycles. The van der Waals surface area contributed by atoms with Crippen molar-refractivity contribution in [3.05, 3.63) is 100 Å². The topological polar surface area (TPSA) is 127 Å². The van der Waals surface area contributed by atoms with E-state index in [1.54, 1.807) is 30.3 Å². The zero-order chi connectivity index (χ0) is 24.7. The zero-order valence-electron chi connectivity index (χ0n) is 19.2. The number of carboxylic acid groups (broad SMARTS) is 1. The SMILES string of the molecule is Cc1ccc(N(CC(=O)O)C(=O)c2cccc(CN)c2)cc1.NC(=O)c1ccc2c(c1)CCC2. The van der Waals surface area contributed by atoms with Crippen LogP contribution in [-0.4, -0.2) is 29.4 Å². The first-order valence-electron chi connectivity index (χ1n) is 11.1. The van der Waals surface area contributed by atoms with Crippen LogP contribution >= 0.6 is 0 Å². The lowest BCUT2D eigenvalue weighted by Gasteiger charge is -2.21. The molecule has 1 aliphatic carbocycles. The van der Waals surface area contributed by atoms with Crippen molar-refractivity contribution in [3.63, 3.8) is 0 Å². The summed E-state index contributed by atoms with van der Waals surface area (Å²) in [5, 5.41) is 9.08. The maximum Gasteiger partial charge on any atom is 0.323 e. The summed E-state index contributed by atoms with van der Waals surface area (Å²) in [6, 6.07) is 19.8. The number of hydrogen-bond acceptors (Lipinski definition) is 4. The van der Waals surface area contributed by atoms with Crippen LogP contribution in [0.2, 0.25) is 0 Å². The Morgan fingerprint density at radius 3 is 2.26 bits per heavy atom. The van der Waals surface area contributed by atoms with E-state index in [2.05, 4.69) is 0 Å². The molecule has 7 nitrogen and oxygen atoms in total. The van der Waals surface area contributed by atoms with Crippen LogP contribution in [0.3, 0.4) is 0 Å². The van der Waals surface area contributed by atoms with Gasteiger partial charge in [0.15, 0.2) is 0 Å². The van der Waals surface area contributed by atoms with E-state index in [4.69, 9.17) is 16.6 Å². The quantitative estimate of drug-likeness (QED) is 0.520. The smallest absolute Gasteiger partial charge is 0.323 e. The van der Waals surface area contributed by atoms with Gasteiger partial charge in [-0.3, -0.25) is 19.3 Å². The number of carbonyl (C=O) groups excluding carboxylic acids is 2. The van der Waals surface area contributed by atoms with Crippen molar-refractivity contribution in [2.45, 2.75) is 32.7 Å². The molecule has 5 N–H and O–H groups in total. The fraction of sp³-hybridized carbons (Fsp3) is 0.222. The van der Waals surface area contributed by atoms with Gasteiger partial charge in [-0.1, -0.05) is 35.9 Å². The van der Waals surface area contributed by atoms with Crippen LogP contribution in [0.25, 0.3) is 0 Å². The monoisotopic (exact) mass is 459 g/mol. The highest BCUT2D eigenvalue weighted by atomic mass is 16.4. The molecule has 0 aromatic heterocycles. The summed E-state index contributed by atoms with van der Waals surface area (Å²) < 4.78 is 0. The Labute approximate surface area is 199 Å². The molecular formula is C27H29N3O4. The summed E-state index contributed by atoms with van der Waals surface area (Å²) in [6.07, 6.45) is 3.45. The molecule has 0 heterocycles. The molecule has 0 fully saturated rings. The van der Waals surface area contributed by atoms with Crippen molar-refractivity contribution >= 4 is 23.5 Å². The summed E-state index contributed by atoms with van der Waals surface area (Å²) in [5.41, 5.74) is 16.9. The zero-order valence-corrected chi connectivity index (χ0v) is 19.2. The second kappa shape index (κ2) is 11.2. The number of nitrogens with two attached hydrogens (primary N) is 2. The molecule has 0 radical (unpaired) electrons. The van der Waals surface area contributed by atoms with Gasteiger partial charge < -0.3 is 16.6 Å². The average molecular weight is 460 g/mol. The Morgan fingerprint density at radius 1 is 0.912 bits per heavy atom. The third-order valence-electron chi connectivity index (χ3n) is 5.68. The largest absolute Gasteiger partial charge is 0.480 e. The minimum Gasteiger partial charge on any atom is -0.480 e. The number of carbonyl (C=O) groups is 3. The number of carboxylic acids is 1. The Balaban J connectivity index is 0.000000226. The number of hydrogen-bond donors (Lipinski definition) is 3. The van der Waals surface area contributed by atoms with Gasteiger partial charge in [-0.15, -0.1) is 0 Å². The number of nitrogens with zero attached hydrogens (tertiary/aromatic N) is 1. The third-order valence-corrected chi connectivity index (χ3v) is 5.68.